The molecule has 0 spiro atoms. The molecule has 0 radical (unpaired) electrons. The summed E-state index contributed by atoms with van der Waals surface area (Å²) in [5.74, 6) is -0.648. The molecule has 1 aromatic carbocycles. The SMILES string of the molecule is CC(C)OCCOC(=O)CN(C)C(=O)c1ccccc1. The number of carbonyl (C=O) groups excluding carboxylic acids is 2. The van der Waals surface area contributed by atoms with Crippen LogP contribution in [0, 0.1) is 0 Å². The van der Waals surface area contributed by atoms with Gasteiger partial charge in [0, 0.05) is 12.6 Å². The van der Waals surface area contributed by atoms with Crippen LogP contribution in [0.3, 0.4) is 0 Å². The molecule has 5 heteroatoms. The van der Waals surface area contributed by atoms with E-state index in [1.54, 1.807) is 31.3 Å². The Labute approximate surface area is 119 Å². The standard InChI is InChI=1S/C15H21NO4/c1-12(2)19-9-10-20-14(17)11-16(3)15(18)13-7-5-4-6-8-13/h4-8,12H,9-11H2,1-3H3. The zero-order valence-corrected chi connectivity index (χ0v) is 12.2. The van der Waals surface area contributed by atoms with Gasteiger partial charge >= 0.3 is 5.97 Å². The Morgan fingerprint density at radius 2 is 1.80 bits per heavy atom. The average molecular weight is 279 g/mol. The lowest BCUT2D eigenvalue weighted by molar-refractivity contribution is -0.146. The van der Waals surface area contributed by atoms with Crippen LogP contribution in [-0.4, -0.2) is 49.7 Å². The first kappa shape index (κ1) is 16.2. The van der Waals surface area contributed by atoms with Crippen molar-refractivity contribution in [1.82, 2.24) is 4.90 Å². The number of nitrogens with zero attached hydrogens (tertiary/aromatic N) is 1. The molecule has 0 unspecified atom stereocenters. The van der Waals surface area contributed by atoms with Crippen molar-refractivity contribution >= 4 is 11.9 Å². The van der Waals surface area contributed by atoms with Crippen LogP contribution in [-0.2, 0) is 14.3 Å². The third-order valence-electron chi connectivity index (χ3n) is 2.53. The summed E-state index contributed by atoms with van der Waals surface area (Å²) in [5, 5.41) is 0. The number of esters is 1. The van der Waals surface area contributed by atoms with Gasteiger partial charge in [-0.25, -0.2) is 0 Å². The highest BCUT2D eigenvalue weighted by Gasteiger charge is 2.15. The van der Waals surface area contributed by atoms with E-state index in [4.69, 9.17) is 9.47 Å². The van der Waals surface area contributed by atoms with E-state index in [2.05, 4.69) is 0 Å². The molecule has 5 nitrogen and oxygen atoms in total. The molecule has 0 saturated carbocycles. The van der Waals surface area contributed by atoms with E-state index in [1.807, 2.05) is 19.9 Å². The second-order valence-electron chi connectivity index (χ2n) is 4.67. The molecule has 0 aliphatic carbocycles. The second kappa shape index (κ2) is 8.32. The van der Waals surface area contributed by atoms with E-state index in [9.17, 15) is 9.59 Å². The number of likely N-dealkylation sites (N-methyl/N-ethyl adjacent to an activating group) is 1. The largest absolute Gasteiger partial charge is 0.462 e. The van der Waals surface area contributed by atoms with E-state index < -0.39 is 5.97 Å². The first-order valence-electron chi connectivity index (χ1n) is 6.58. The molecule has 20 heavy (non-hydrogen) atoms. The van der Waals surface area contributed by atoms with Crippen molar-refractivity contribution in [3.05, 3.63) is 35.9 Å². The zero-order valence-electron chi connectivity index (χ0n) is 12.2. The van der Waals surface area contributed by atoms with Crippen molar-refractivity contribution in [1.29, 1.82) is 0 Å². The van der Waals surface area contributed by atoms with Crippen molar-refractivity contribution < 1.29 is 19.1 Å². The fourth-order valence-electron chi connectivity index (χ4n) is 1.55. The molecule has 1 aromatic rings. The number of hydrogen-bond acceptors (Lipinski definition) is 4. The van der Waals surface area contributed by atoms with Crippen LogP contribution in [0.4, 0.5) is 0 Å². The third kappa shape index (κ3) is 5.84. The number of hydrogen-bond donors (Lipinski definition) is 0. The molecule has 0 aromatic heterocycles. The lowest BCUT2D eigenvalue weighted by atomic mass is 10.2. The van der Waals surface area contributed by atoms with Crippen molar-refractivity contribution in [3.63, 3.8) is 0 Å². The van der Waals surface area contributed by atoms with E-state index in [0.29, 0.717) is 12.2 Å². The van der Waals surface area contributed by atoms with Gasteiger partial charge in [0.1, 0.15) is 13.2 Å². The highest BCUT2D eigenvalue weighted by atomic mass is 16.6. The Hall–Kier alpha value is -1.88. The van der Waals surface area contributed by atoms with Gasteiger partial charge in [-0.15, -0.1) is 0 Å². The average Bonchev–Trinajstić information content (AvgIpc) is 2.43. The van der Waals surface area contributed by atoms with Crippen molar-refractivity contribution in [2.75, 3.05) is 26.8 Å². The molecule has 0 aliphatic heterocycles. The van der Waals surface area contributed by atoms with Crippen molar-refractivity contribution in [3.8, 4) is 0 Å². The van der Waals surface area contributed by atoms with E-state index in [0.717, 1.165) is 0 Å². The number of benzene rings is 1. The second-order valence-corrected chi connectivity index (χ2v) is 4.67. The Morgan fingerprint density at radius 3 is 2.40 bits per heavy atom. The van der Waals surface area contributed by atoms with Crippen LogP contribution < -0.4 is 0 Å². The van der Waals surface area contributed by atoms with Crippen LogP contribution in [0.1, 0.15) is 24.2 Å². The predicted octanol–water partition coefficient (Wildman–Crippen LogP) is 1.73. The molecule has 0 atom stereocenters. The summed E-state index contributed by atoms with van der Waals surface area (Å²) in [6.45, 7) is 4.31. The fourth-order valence-corrected chi connectivity index (χ4v) is 1.55. The molecule has 0 heterocycles. The molecule has 0 saturated heterocycles. The number of carbonyl (C=O) groups is 2. The van der Waals surface area contributed by atoms with Gasteiger partial charge in [0.25, 0.3) is 5.91 Å². The minimum absolute atomic E-state index is 0.0740. The van der Waals surface area contributed by atoms with Gasteiger partial charge in [0.2, 0.25) is 0 Å². The molecule has 0 aliphatic rings. The quantitative estimate of drug-likeness (QED) is 0.563. The highest BCUT2D eigenvalue weighted by Crippen LogP contribution is 2.03. The first-order valence-corrected chi connectivity index (χ1v) is 6.58. The van der Waals surface area contributed by atoms with Gasteiger partial charge in [0.05, 0.1) is 12.7 Å². The van der Waals surface area contributed by atoms with Gasteiger partial charge < -0.3 is 14.4 Å². The van der Waals surface area contributed by atoms with Gasteiger partial charge in [-0.05, 0) is 26.0 Å². The molecule has 1 amide bonds. The Balaban J connectivity index is 2.33. The summed E-state index contributed by atoms with van der Waals surface area (Å²) in [6, 6.07) is 8.81. The van der Waals surface area contributed by atoms with Crippen molar-refractivity contribution in [2.45, 2.75) is 20.0 Å². The smallest absolute Gasteiger partial charge is 0.325 e. The van der Waals surface area contributed by atoms with Gasteiger partial charge in [-0.2, -0.15) is 0 Å². The first-order chi connectivity index (χ1) is 9.50. The van der Waals surface area contributed by atoms with Crippen LogP contribution in [0.5, 0.6) is 0 Å². The maximum Gasteiger partial charge on any atom is 0.325 e. The molecular weight excluding hydrogens is 258 g/mol. The molecule has 1 rings (SSSR count). The number of ether oxygens (including phenoxy) is 2. The number of amides is 1. The highest BCUT2D eigenvalue weighted by molar-refractivity contribution is 5.95. The molecule has 0 fully saturated rings. The maximum atomic E-state index is 12.0. The van der Waals surface area contributed by atoms with Crippen LogP contribution in [0.15, 0.2) is 30.3 Å². The molecular formula is C15H21NO4. The van der Waals surface area contributed by atoms with Gasteiger partial charge in [-0.1, -0.05) is 18.2 Å². The topological polar surface area (TPSA) is 55.8 Å². The van der Waals surface area contributed by atoms with Crippen LogP contribution in [0.2, 0.25) is 0 Å². The van der Waals surface area contributed by atoms with E-state index in [1.165, 1.54) is 4.90 Å². The Kier molecular flexibility index (Phi) is 6.73. The van der Waals surface area contributed by atoms with Gasteiger partial charge in [0.15, 0.2) is 0 Å². The van der Waals surface area contributed by atoms with Gasteiger partial charge in [-0.3, -0.25) is 9.59 Å². The Morgan fingerprint density at radius 1 is 1.15 bits per heavy atom. The lowest BCUT2D eigenvalue weighted by Crippen LogP contribution is -2.33. The summed E-state index contributed by atoms with van der Waals surface area (Å²) >= 11 is 0. The zero-order chi connectivity index (χ0) is 15.0. The summed E-state index contributed by atoms with van der Waals surface area (Å²) in [6.07, 6.45) is 0.107. The minimum atomic E-state index is -0.441. The monoisotopic (exact) mass is 279 g/mol. The Bertz CT molecular complexity index is 431. The van der Waals surface area contributed by atoms with E-state index >= 15 is 0 Å². The summed E-state index contributed by atoms with van der Waals surface area (Å²) < 4.78 is 10.2. The normalized spacial score (nSPS) is 10.4. The molecule has 0 bridgehead atoms. The fraction of sp³-hybridized carbons (Fsp3) is 0.467. The van der Waals surface area contributed by atoms with Crippen LogP contribution in [0.25, 0.3) is 0 Å². The minimum Gasteiger partial charge on any atom is -0.462 e. The number of rotatable bonds is 7. The summed E-state index contributed by atoms with van der Waals surface area (Å²) in [5.41, 5.74) is 0.547. The summed E-state index contributed by atoms with van der Waals surface area (Å²) in [7, 11) is 1.57. The summed E-state index contributed by atoms with van der Waals surface area (Å²) in [4.78, 5) is 24.9. The maximum absolute atomic E-state index is 12.0. The van der Waals surface area contributed by atoms with Crippen LogP contribution >= 0.6 is 0 Å². The van der Waals surface area contributed by atoms with E-state index in [-0.39, 0.29) is 25.2 Å². The molecule has 0 N–H and O–H groups in total. The predicted molar refractivity (Wildman–Crippen MR) is 75.4 cm³/mol. The molecule has 110 valence electrons. The third-order valence-corrected chi connectivity index (χ3v) is 2.53. The van der Waals surface area contributed by atoms with Crippen molar-refractivity contribution in [2.24, 2.45) is 0 Å². The lowest BCUT2D eigenvalue weighted by Gasteiger charge is -2.16.